The average molecular weight is 170 g/mol. The highest BCUT2D eigenvalue weighted by Crippen LogP contribution is 2.03. The topological polar surface area (TPSA) is 64.3 Å². The maximum Gasteiger partial charge on any atom is 0.358 e. The molecule has 0 bridgehead atoms. The summed E-state index contributed by atoms with van der Waals surface area (Å²) in [5.74, 6) is 3.49. The van der Waals surface area contributed by atoms with Crippen LogP contribution in [0.5, 0.6) is 0 Å². The molecule has 0 spiro atoms. The lowest BCUT2D eigenvalue weighted by Crippen LogP contribution is -2.26. The minimum atomic E-state index is -0.725. The largest absolute Gasteiger partial charge is 0.358 e. The zero-order valence-corrected chi connectivity index (χ0v) is 6.08. The van der Waals surface area contributed by atoms with Crippen molar-refractivity contribution < 1.29 is 14.0 Å². The van der Waals surface area contributed by atoms with Crippen LogP contribution in [-0.4, -0.2) is 5.97 Å². The Bertz CT molecular complexity index is 290. The van der Waals surface area contributed by atoms with Gasteiger partial charge in [-0.15, -0.1) is 0 Å². The molecule has 0 aromatic heterocycles. The van der Waals surface area contributed by atoms with E-state index in [0.29, 0.717) is 0 Å². The molecule has 1 aromatic rings. The van der Waals surface area contributed by atoms with E-state index in [9.17, 15) is 9.18 Å². The van der Waals surface area contributed by atoms with Gasteiger partial charge in [0.25, 0.3) is 0 Å². The molecule has 1 aromatic carbocycles. The highest BCUT2D eigenvalue weighted by molar-refractivity contribution is 5.89. The van der Waals surface area contributed by atoms with E-state index < -0.39 is 11.8 Å². The summed E-state index contributed by atoms with van der Waals surface area (Å²) < 4.78 is 12.5. The van der Waals surface area contributed by atoms with Gasteiger partial charge < -0.3 is 4.84 Å². The lowest BCUT2D eigenvalue weighted by atomic mass is 10.2. The van der Waals surface area contributed by atoms with Gasteiger partial charge in [0, 0.05) is 0 Å². The van der Waals surface area contributed by atoms with Crippen LogP contribution < -0.4 is 11.4 Å². The van der Waals surface area contributed by atoms with E-state index in [1.807, 2.05) is 0 Å². The molecule has 0 atom stereocenters. The van der Waals surface area contributed by atoms with Crippen LogP contribution in [0.3, 0.4) is 0 Å². The predicted molar refractivity (Wildman–Crippen MR) is 39.1 cm³/mol. The Kier molecular flexibility index (Phi) is 2.73. The predicted octanol–water partition coefficient (Wildman–Crippen LogP) is 0.361. The van der Waals surface area contributed by atoms with Crippen LogP contribution in [0, 0.1) is 5.82 Å². The number of hydrogen-bond acceptors (Lipinski definition) is 4. The van der Waals surface area contributed by atoms with Crippen molar-refractivity contribution in [3.8, 4) is 0 Å². The van der Waals surface area contributed by atoms with Crippen molar-refractivity contribution >= 4 is 5.97 Å². The van der Waals surface area contributed by atoms with Gasteiger partial charge in [0.05, 0.1) is 5.56 Å². The molecule has 0 aliphatic rings. The third-order valence-electron chi connectivity index (χ3n) is 1.21. The number of rotatable bonds is 2. The Labute approximate surface area is 68.1 Å². The van der Waals surface area contributed by atoms with Crippen LogP contribution in [0.15, 0.2) is 24.3 Å². The van der Waals surface area contributed by atoms with Crippen LogP contribution in [0.25, 0.3) is 0 Å². The quantitative estimate of drug-likeness (QED) is 0.497. The molecule has 5 heteroatoms. The number of hydrazine groups is 1. The van der Waals surface area contributed by atoms with E-state index >= 15 is 0 Å². The minimum absolute atomic E-state index is 0.105. The fourth-order valence-corrected chi connectivity index (χ4v) is 0.728. The molecule has 12 heavy (non-hydrogen) atoms. The average Bonchev–Trinajstić information content (AvgIpc) is 2.05. The first-order chi connectivity index (χ1) is 5.74. The highest BCUT2D eigenvalue weighted by Gasteiger charge is 2.06. The van der Waals surface area contributed by atoms with Gasteiger partial charge in [-0.2, -0.15) is 0 Å². The van der Waals surface area contributed by atoms with Gasteiger partial charge in [-0.25, -0.2) is 15.0 Å². The van der Waals surface area contributed by atoms with Crippen molar-refractivity contribution in [2.24, 2.45) is 5.84 Å². The third-order valence-corrected chi connectivity index (χ3v) is 1.21. The Hall–Kier alpha value is -1.46. The summed E-state index contributed by atoms with van der Waals surface area (Å²) in [4.78, 5) is 15.1. The number of carbonyl (C=O) groups is 1. The lowest BCUT2D eigenvalue weighted by Gasteiger charge is -1.99. The summed E-state index contributed by atoms with van der Waals surface area (Å²) in [5, 5.41) is 0. The van der Waals surface area contributed by atoms with Gasteiger partial charge in [-0.05, 0) is 18.2 Å². The second-order valence-corrected chi connectivity index (χ2v) is 2.02. The molecule has 0 saturated carbocycles. The Morgan fingerprint density at radius 2 is 2.33 bits per heavy atom. The number of carbonyl (C=O) groups excluding carboxylic acids is 1. The van der Waals surface area contributed by atoms with E-state index in [1.54, 1.807) is 5.59 Å². The smallest absolute Gasteiger partial charge is 0.351 e. The summed E-state index contributed by atoms with van der Waals surface area (Å²) in [6, 6.07) is 5.11. The summed E-state index contributed by atoms with van der Waals surface area (Å²) in [7, 11) is 0. The van der Waals surface area contributed by atoms with Crippen molar-refractivity contribution in [1.82, 2.24) is 5.59 Å². The SMILES string of the molecule is NNOC(=O)c1cccc(F)c1. The molecular formula is C7H7FN2O2. The van der Waals surface area contributed by atoms with Crippen LogP contribution >= 0.6 is 0 Å². The summed E-state index contributed by atoms with van der Waals surface area (Å²) in [5.41, 5.74) is 1.82. The van der Waals surface area contributed by atoms with Crippen molar-refractivity contribution in [2.45, 2.75) is 0 Å². The monoisotopic (exact) mass is 170 g/mol. The molecule has 0 heterocycles. The number of nitrogens with two attached hydrogens (primary N) is 1. The Morgan fingerprint density at radius 1 is 1.58 bits per heavy atom. The molecule has 0 unspecified atom stereocenters. The fourth-order valence-electron chi connectivity index (χ4n) is 0.728. The lowest BCUT2D eigenvalue weighted by molar-refractivity contribution is 0.0253. The van der Waals surface area contributed by atoms with Gasteiger partial charge in [0.15, 0.2) is 0 Å². The molecule has 0 aliphatic carbocycles. The molecule has 3 N–H and O–H groups in total. The zero-order valence-electron chi connectivity index (χ0n) is 6.08. The van der Waals surface area contributed by atoms with Crippen LogP contribution in [0.2, 0.25) is 0 Å². The first-order valence-electron chi connectivity index (χ1n) is 3.16. The van der Waals surface area contributed by atoms with Crippen molar-refractivity contribution in [2.75, 3.05) is 0 Å². The summed E-state index contributed by atoms with van der Waals surface area (Å²) in [6.07, 6.45) is 0. The summed E-state index contributed by atoms with van der Waals surface area (Å²) in [6.45, 7) is 0. The Morgan fingerprint density at radius 3 is 2.92 bits per heavy atom. The van der Waals surface area contributed by atoms with E-state index in [-0.39, 0.29) is 5.56 Å². The number of hydrogen-bond donors (Lipinski definition) is 2. The molecule has 0 aliphatic heterocycles. The standard InChI is InChI=1S/C7H7FN2O2/c8-6-3-1-2-5(4-6)7(11)12-10-9/h1-4,10H,9H2. The maximum absolute atomic E-state index is 12.5. The van der Waals surface area contributed by atoms with E-state index in [1.165, 1.54) is 18.2 Å². The highest BCUT2D eigenvalue weighted by atomic mass is 19.1. The first kappa shape index (κ1) is 8.63. The maximum atomic E-state index is 12.5. The third kappa shape index (κ3) is 2.01. The van der Waals surface area contributed by atoms with Crippen molar-refractivity contribution in [3.05, 3.63) is 35.6 Å². The molecule has 64 valence electrons. The van der Waals surface area contributed by atoms with Crippen molar-refractivity contribution in [3.63, 3.8) is 0 Å². The Balaban J connectivity index is 2.81. The van der Waals surface area contributed by atoms with Crippen molar-refractivity contribution in [1.29, 1.82) is 0 Å². The second-order valence-electron chi connectivity index (χ2n) is 2.02. The molecule has 4 nitrogen and oxygen atoms in total. The molecule has 0 fully saturated rings. The van der Waals surface area contributed by atoms with E-state index in [0.717, 1.165) is 6.07 Å². The minimum Gasteiger partial charge on any atom is -0.351 e. The number of halogens is 1. The van der Waals surface area contributed by atoms with E-state index in [4.69, 9.17) is 5.84 Å². The number of benzene rings is 1. The summed E-state index contributed by atoms with van der Waals surface area (Å²) >= 11 is 0. The van der Waals surface area contributed by atoms with E-state index in [2.05, 4.69) is 4.84 Å². The number of nitrogens with one attached hydrogen (secondary N) is 1. The van der Waals surface area contributed by atoms with Crippen LogP contribution in [-0.2, 0) is 4.84 Å². The van der Waals surface area contributed by atoms with Gasteiger partial charge >= 0.3 is 5.97 Å². The van der Waals surface area contributed by atoms with Gasteiger partial charge in [-0.1, -0.05) is 11.7 Å². The first-order valence-corrected chi connectivity index (χ1v) is 3.16. The molecule has 0 radical (unpaired) electrons. The second kappa shape index (κ2) is 3.80. The molecule has 0 amide bonds. The van der Waals surface area contributed by atoms with Gasteiger partial charge in [-0.3, -0.25) is 0 Å². The molecular weight excluding hydrogens is 163 g/mol. The van der Waals surface area contributed by atoms with Gasteiger partial charge in [0.1, 0.15) is 5.82 Å². The normalized spacial score (nSPS) is 9.50. The van der Waals surface area contributed by atoms with Crippen LogP contribution in [0.1, 0.15) is 10.4 Å². The fraction of sp³-hybridized carbons (Fsp3) is 0. The zero-order chi connectivity index (χ0) is 8.97. The van der Waals surface area contributed by atoms with Gasteiger partial charge in [0.2, 0.25) is 0 Å². The molecule has 0 saturated heterocycles. The van der Waals surface area contributed by atoms with Crippen LogP contribution in [0.4, 0.5) is 4.39 Å². The molecule has 1 rings (SSSR count).